The van der Waals surface area contributed by atoms with E-state index in [0.29, 0.717) is 28.8 Å². The van der Waals surface area contributed by atoms with Crippen molar-refractivity contribution in [2.24, 2.45) is 16.6 Å². The minimum atomic E-state index is -0.947. The van der Waals surface area contributed by atoms with Gasteiger partial charge in [-0.15, -0.1) is 0 Å². The second-order valence-electron chi connectivity index (χ2n) is 11.2. The van der Waals surface area contributed by atoms with Crippen molar-refractivity contribution in [1.82, 2.24) is 24.3 Å². The number of allylic oxidation sites excluding steroid dienone is 3. The van der Waals surface area contributed by atoms with Gasteiger partial charge in [0.25, 0.3) is 5.91 Å². The van der Waals surface area contributed by atoms with Crippen molar-refractivity contribution in [3.05, 3.63) is 72.2 Å². The average molecular weight is 716 g/mol. The van der Waals surface area contributed by atoms with Gasteiger partial charge in [-0.2, -0.15) is 0 Å². The van der Waals surface area contributed by atoms with Crippen molar-refractivity contribution in [3.63, 3.8) is 0 Å². The SMILES string of the molecule is C=C(F)C(C)=N/C(C)=C\C.CC.CC.CCN.Cc1cn2cc(NC(=O)c3cnc(N4CC(CN5CC(OCC(=O)O)C5)C4)cn3)cc(F)c2n1. The molecule has 3 aromatic heterocycles. The fourth-order valence-electron chi connectivity index (χ4n) is 4.64. The fourth-order valence-corrected chi connectivity index (χ4v) is 4.64. The summed E-state index contributed by atoms with van der Waals surface area (Å²) < 4.78 is 33.2. The molecule has 51 heavy (non-hydrogen) atoms. The number of aliphatic imine (C=N–C) groups is 1. The lowest BCUT2D eigenvalue weighted by Crippen LogP contribution is -2.59. The molecule has 282 valence electrons. The smallest absolute Gasteiger partial charge is 0.329 e. The van der Waals surface area contributed by atoms with Crippen molar-refractivity contribution in [2.45, 2.75) is 68.4 Å². The number of ether oxygens (including phenoxy) is 1. The van der Waals surface area contributed by atoms with Crippen LogP contribution in [0.4, 0.5) is 20.3 Å². The zero-order chi connectivity index (χ0) is 38.7. The molecule has 15 heteroatoms. The third kappa shape index (κ3) is 14.7. The molecule has 1 amide bonds. The standard InChI is InChI=1S/C22H24FN7O4.C8H12FN.C2H7N.2C2H6/c1-13-5-30-9-15(2-17(23)21(30)26-13)27-22(33)18-3-25-19(4-24-18)29-7-14(8-29)6-28-10-16(11-28)34-12-20(31)32;1-5-6(2)10-8(4)7(3)9;1-2-3;2*1-2/h2-5,9,14,16H,6-8,10-12H2,1H3,(H,27,33)(H,31,32);5H,3H2,1-2,4H3;2-3H2,1H3;2*1-2H3/b;6-5-,10-8?;;;. The molecule has 2 aliphatic heterocycles. The van der Waals surface area contributed by atoms with Crippen molar-refractivity contribution in [1.29, 1.82) is 0 Å². The Kier molecular flexibility index (Phi) is 20.0. The number of hydrogen-bond acceptors (Lipinski definition) is 10. The number of halogens is 2. The highest BCUT2D eigenvalue weighted by molar-refractivity contribution is 6.02. The Morgan fingerprint density at radius 2 is 1.76 bits per heavy atom. The number of anilines is 2. The molecule has 5 rings (SSSR count). The molecule has 2 fully saturated rings. The Bertz CT molecular complexity index is 1600. The van der Waals surface area contributed by atoms with E-state index in [1.165, 1.54) is 16.7 Å². The van der Waals surface area contributed by atoms with Gasteiger partial charge in [-0.05, 0) is 34.2 Å². The molecule has 5 heterocycles. The number of rotatable bonds is 10. The third-order valence-corrected chi connectivity index (χ3v) is 7.07. The van der Waals surface area contributed by atoms with Gasteiger partial charge in [0.2, 0.25) is 0 Å². The number of nitrogens with two attached hydrogens (primary N) is 1. The quantitative estimate of drug-likeness (QED) is 0.215. The van der Waals surface area contributed by atoms with Gasteiger partial charge in [-0.1, -0.05) is 47.3 Å². The summed E-state index contributed by atoms with van der Waals surface area (Å²) in [6.07, 6.45) is 8.06. The molecule has 0 saturated carbocycles. The summed E-state index contributed by atoms with van der Waals surface area (Å²) in [5, 5.41) is 11.3. The monoisotopic (exact) mass is 715 g/mol. The predicted molar refractivity (Wildman–Crippen MR) is 200 cm³/mol. The Morgan fingerprint density at radius 1 is 1.14 bits per heavy atom. The number of amides is 1. The third-order valence-electron chi connectivity index (χ3n) is 7.07. The van der Waals surface area contributed by atoms with Gasteiger partial charge in [0, 0.05) is 62.8 Å². The number of aromatic nitrogens is 4. The Labute approximate surface area is 300 Å². The molecule has 0 aromatic carbocycles. The maximum atomic E-state index is 14.2. The van der Waals surface area contributed by atoms with Crippen LogP contribution < -0.4 is 16.0 Å². The van der Waals surface area contributed by atoms with Crippen LogP contribution in [0.3, 0.4) is 0 Å². The summed E-state index contributed by atoms with van der Waals surface area (Å²) in [5.41, 5.74) is 7.30. The van der Waals surface area contributed by atoms with Gasteiger partial charge in [-0.25, -0.2) is 28.5 Å². The molecule has 0 aliphatic carbocycles. The van der Waals surface area contributed by atoms with Crippen LogP contribution in [0, 0.1) is 18.7 Å². The zero-order valence-corrected chi connectivity index (χ0v) is 31.4. The van der Waals surface area contributed by atoms with Crippen molar-refractivity contribution in [2.75, 3.05) is 56.1 Å². The molecule has 0 unspecified atom stereocenters. The summed E-state index contributed by atoms with van der Waals surface area (Å²) in [7, 11) is 0. The Morgan fingerprint density at radius 3 is 2.29 bits per heavy atom. The van der Waals surface area contributed by atoms with E-state index in [9.17, 15) is 18.4 Å². The molecule has 2 saturated heterocycles. The van der Waals surface area contributed by atoms with Crippen molar-refractivity contribution < 1.29 is 28.2 Å². The number of carbonyl (C=O) groups excluding carboxylic acids is 1. The fraction of sp³-hybridized carbons (Fsp3) is 0.500. The second-order valence-corrected chi connectivity index (χ2v) is 11.2. The summed E-state index contributed by atoms with van der Waals surface area (Å²) in [5.74, 6) is -1.24. The number of carboxylic acid groups (broad SMARTS) is 1. The number of carbonyl (C=O) groups is 2. The second kappa shape index (κ2) is 23.0. The van der Waals surface area contributed by atoms with Crippen LogP contribution in [-0.4, -0.2) is 98.9 Å². The van der Waals surface area contributed by atoms with E-state index in [1.807, 2.05) is 54.5 Å². The summed E-state index contributed by atoms with van der Waals surface area (Å²) in [6, 6.07) is 1.22. The lowest BCUT2D eigenvalue weighted by atomic mass is 9.97. The number of nitrogens with zero attached hydrogens (tertiary/aromatic N) is 7. The molecule has 0 radical (unpaired) electrons. The number of carboxylic acids is 1. The Balaban J connectivity index is 0.000000647. The van der Waals surface area contributed by atoms with Crippen LogP contribution in [0.2, 0.25) is 0 Å². The van der Waals surface area contributed by atoms with Crippen molar-refractivity contribution >= 4 is 34.7 Å². The van der Waals surface area contributed by atoms with Crippen LogP contribution in [0.15, 0.2) is 60.0 Å². The zero-order valence-electron chi connectivity index (χ0n) is 31.4. The summed E-state index contributed by atoms with van der Waals surface area (Å²) >= 11 is 0. The van der Waals surface area contributed by atoms with E-state index >= 15 is 0 Å². The van der Waals surface area contributed by atoms with E-state index in [2.05, 4.69) is 41.6 Å². The largest absolute Gasteiger partial charge is 0.480 e. The van der Waals surface area contributed by atoms with Crippen LogP contribution in [0.25, 0.3) is 5.65 Å². The highest BCUT2D eigenvalue weighted by Gasteiger charge is 2.34. The van der Waals surface area contributed by atoms with Crippen LogP contribution in [0.1, 0.15) is 71.6 Å². The topological polar surface area (TPSA) is 164 Å². The molecule has 3 aromatic rings. The molecule has 0 atom stereocenters. The molecular formula is C36H55F2N9O4. The maximum absolute atomic E-state index is 14.2. The normalized spacial score (nSPS) is 14.5. The van der Waals surface area contributed by atoms with E-state index in [4.69, 9.17) is 15.6 Å². The number of likely N-dealkylation sites (tertiary alicyclic amines) is 1. The predicted octanol–water partition coefficient (Wildman–Crippen LogP) is 5.92. The van der Waals surface area contributed by atoms with E-state index < -0.39 is 23.5 Å². The lowest BCUT2D eigenvalue weighted by molar-refractivity contribution is -0.148. The van der Waals surface area contributed by atoms with E-state index in [1.54, 1.807) is 32.4 Å². The van der Waals surface area contributed by atoms with Gasteiger partial charge >= 0.3 is 5.97 Å². The first-order valence-corrected chi connectivity index (χ1v) is 17.1. The van der Waals surface area contributed by atoms with Crippen LogP contribution in [0.5, 0.6) is 0 Å². The van der Waals surface area contributed by atoms with E-state index in [-0.39, 0.29) is 24.1 Å². The average Bonchev–Trinajstić information content (AvgIpc) is 3.46. The number of pyridine rings is 1. The van der Waals surface area contributed by atoms with Crippen LogP contribution in [-0.2, 0) is 9.53 Å². The molecule has 4 N–H and O–H groups in total. The highest BCUT2D eigenvalue weighted by Crippen LogP contribution is 2.25. The Hall–Kier alpha value is -4.60. The van der Waals surface area contributed by atoms with E-state index in [0.717, 1.165) is 45.0 Å². The van der Waals surface area contributed by atoms with Gasteiger partial charge < -0.3 is 30.2 Å². The molecule has 0 spiro atoms. The first-order chi connectivity index (χ1) is 24.3. The number of nitrogens with one attached hydrogen (secondary N) is 1. The number of fused-ring (bicyclic) bond motifs is 1. The molecule has 2 aliphatic rings. The lowest BCUT2D eigenvalue weighted by Gasteiger charge is -2.46. The maximum Gasteiger partial charge on any atom is 0.329 e. The van der Waals surface area contributed by atoms with Crippen molar-refractivity contribution in [3.8, 4) is 0 Å². The first-order valence-electron chi connectivity index (χ1n) is 17.1. The number of aryl methyl sites for hydroxylation is 1. The molecule has 13 nitrogen and oxygen atoms in total. The van der Waals surface area contributed by atoms with Crippen LogP contribution >= 0.6 is 0 Å². The van der Waals surface area contributed by atoms with Gasteiger partial charge in [0.05, 0.1) is 35.6 Å². The highest BCUT2D eigenvalue weighted by atomic mass is 19.1. The van der Waals surface area contributed by atoms with Gasteiger partial charge in [0.15, 0.2) is 11.5 Å². The summed E-state index contributed by atoms with van der Waals surface area (Å²) in [6.45, 7) is 24.6. The number of aliphatic carboxylic acids is 1. The molecule has 0 bridgehead atoms. The van der Waals surface area contributed by atoms with Gasteiger partial charge in [0.1, 0.15) is 23.9 Å². The number of hydrogen-bond donors (Lipinski definition) is 3. The van der Waals surface area contributed by atoms with Gasteiger partial charge in [-0.3, -0.25) is 14.7 Å². The molecular weight excluding hydrogens is 660 g/mol. The number of imidazole rings is 1. The first kappa shape index (κ1) is 44.4. The minimum absolute atomic E-state index is 0.000640. The summed E-state index contributed by atoms with van der Waals surface area (Å²) in [4.78, 5) is 44.0. The minimum Gasteiger partial charge on any atom is -0.480 e.